The first kappa shape index (κ1) is 13.4. The summed E-state index contributed by atoms with van der Waals surface area (Å²) in [7, 11) is 0. The molecule has 17 heavy (non-hydrogen) atoms. The average Bonchev–Trinajstić information content (AvgIpc) is 2.31. The van der Waals surface area contributed by atoms with E-state index in [4.69, 9.17) is 0 Å². The normalized spacial score (nSPS) is 21.7. The van der Waals surface area contributed by atoms with Crippen molar-refractivity contribution >= 4 is 27.7 Å². The van der Waals surface area contributed by atoms with Crippen LogP contribution in [0.1, 0.15) is 12.5 Å². The summed E-state index contributed by atoms with van der Waals surface area (Å²) >= 11 is 5.36. The minimum atomic E-state index is 0.608. The summed E-state index contributed by atoms with van der Waals surface area (Å²) in [5.74, 6) is 0. The van der Waals surface area contributed by atoms with Crippen LogP contribution in [0.25, 0.3) is 0 Å². The third kappa shape index (κ3) is 3.71. The molecular formula is C13H19BrN2S. The van der Waals surface area contributed by atoms with Crippen LogP contribution in [0.15, 0.2) is 27.6 Å². The predicted molar refractivity (Wildman–Crippen MR) is 78.7 cm³/mol. The Morgan fingerprint density at radius 1 is 1.53 bits per heavy atom. The Bertz CT molecular complexity index is 384. The molecule has 1 heterocycles. The highest BCUT2D eigenvalue weighted by atomic mass is 79.9. The molecule has 0 radical (unpaired) electrons. The maximum atomic E-state index is 3.53. The van der Waals surface area contributed by atoms with Crippen molar-refractivity contribution in [3.8, 4) is 0 Å². The number of benzene rings is 1. The van der Waals surface area contributed by atoms with E-state index in [1.54, 1.807) is 0 Å². The number of piperazine rings is 1. The maximum Gasteiger partial charge on any atom is 0.0246 e. The van der Waals surface area contributed by atoms with Gasteiger partial charge in [-0.3, -0.25) is 4.90 Å². The van der Waals surface area contributed by atoms with Crippen LogP contribution in [0.5, 0.6) is 0 Å². The van der Waals surface area contributed by atoms with Crippen LogP contribution in [0, 0.1) is 0 Å². The Balaban J connectivity index is 2.07. The predicted octanol–water partition coefficient (Wildman–Crippen LogP) is 2.96. The van der Waals surface area contributed by atoms with Gasteiger partial charge in [0.2, 0.25) is 0 Å². The highest BCUT2D eigenvalue weighted by Gasteiger charge is 2.16. The SMILES string of the molecule is CSc1cc(Br)ccc1CN1CCN[C@H](C)C1. The number of nitrogens with zero attached hydrogens (tertiary/aromatic N) is 1. The molecule has 0 aromatic heterocycles. The third-order valence-electron chi connectivity index (χ3n) is 3.10. The minimum absolute atomic E-state index is 0.608. The number of nitrogens with one attached hydrogen (secondary N) is 1. The topological polar surface area (TPSA) is 15.3 Å². The molecule has 2 nitrogen and oxygen atoms in total. The molecule has 1 aromatic rings. The highest BCUT2D eigenvalue weighted by molar-refractivity contribution is 9.10. The van der Waals surface area contributed by atoms with Crippen LogP contribution < -0.4 is 5.32 Å². The Morgan fingerprint density at radius 3 is 3.06 bits per heavy atom. The molecule has 0 amide bonds. The average molecular weight is 315 g/mol. The summed E-state index contributed by atoms with van der Waals surface area (Å²) in [5, 5.41) is 3.48. The van der Waals surface area contributed by atoms with E-state index < -0.39 is 0 Å². The van der Waals surface area contributed by atoms with Gasteiger partial charge in [0.1, 0.15) is 0 Å². The van der Waals surface area contributed by atoms with Crippen molar-refractivity contribution in [2.45, 2.75) is 24.4 Å². The molecule has 0 saturated carbocycles. The van der Waals surface area contributed by atoms with Crippen molar-refractivity contribution in [2.75, 3.05) is 25.9 Å². The first-order chi connectivity index (χ1) is 8.19. The molecule has 2 rings (SSSR count). The Hall–Kier alpha value is -0.0300. The number of hydrogen-bond donors (Lipinski definition) is 1. The quantitative estimate of drug-likeness (QED) is 0.864. The molecule has 1 aromatic carbocycles. The van der Waals surface area contributed by atoms with E-state index >= 15 is 0 Å². The van der Waals surface area contributed by atoms with Crippen LogP contribution in [0.2, 0.25) is 0 Å². The molecule has 1 atom stereocenters. The van der Waals surface area contributed by atoms with E-state index in [9.17, 15) is 0 Å². The summed E-state index contributed by atoms with van der Waals surface area (Å²) in [6, 6.07) is 7.20. The van der Waals surface area contributed by atoms with Gasteiger partial charge in [-0.15, -0.1) is 11.8 Å². The van der Waals surface area contributed by atoms with Crippen LogP contribution in [-0.2, 0) is 6.54 Å². The summed E-state index contributed by atoms with van der Waals surface area (Å²) < 4.78 is 1.17. The molecule has 0 spiro atoms. The second kappa shape index (κ2) is 6.23. The van der Waals surface area contributed by atoms with E-state index in [2.05, 4.69) is 57.5 Å². The number of halogens is 1. The molecule has 1 N–H and O–H groups in total. The molecule has 0 aliphatic carbocycles. The van der Waals surface area contributed by atoms with Crippen molar-refractivity contribution in [2.24, 2.45) is 0 Å². The third-order valence-corrected chi connectivity index (χ3v) is 4.41. The van der Waals surface area contributed by atoms with Crippen LogP contribution in [0.4, 0.5) is 0 Å². The van der Waals surface area contributed by atoms with E-state index in [0.29, 0.717) is 6.04 Å². The molecule has 4 heteroatoms. The van der Waals surface area contributed by atoms with Crippen molar-refractivity contribution in [1.29, 1.82) is 0 Å². The monoisotopic (exact) mass is 314 g/mol. The van der Waals surface area contributed by atoms with Gasteiger partial charge >= 0.3 is 0 Å². The molecule has 1 saturated heterocycles. The van der Waals surface area contributed by atoms with Gasteiger partial charge in [0.05, 0.1) is 0 Å². The fourth-order valence-corrected chi connectivity index (χ4v) is 3.40. The number of rotatable bonds is 3. The largest absolute Gasteiger partial charge is 0.312 e. The smallest absolute Gasteiger partial charge is 0.0246 e. The van der Waals surface area contributed by atoms with Crippen LogP contribution >= 0.6 is 27.7 Å². The summed E-state index contributed by atoms with van der Waals surface area (Å²) in [5.41, 5.74) is 1.44. The zero-order valence-corrected chi connectivity index (χ0v) is 12.8. The number of hydrogen-bond acceptors (Lipinski definition) is 3. The Kier molecular flexibility index (Phi) is 4.91. The van der Waals surface area contributed by atoms with E-state index in [1.165, 1.54) is 14.9 Å². The summed E-state index contributed by atoms with van der Waals surface area (Å²) in [6.45, 7) is 6.71. The van der Waals surface area contributed by atoms with Gasteiger partial charge in [0, 0.05) is 41.6 Å². The lowest BCUT2D eigenvalue weighted by Gasteiger charge is -2.32. The Labute approximate surface area is 116 Å². The lowest BCUT2D eigenvalue weighted by atomic mass is 10.1. The molecule has 1 fully saturated rings. The van der Waals surface area contributed by atoms with Gasteiger partial charge in [-0.1, -0.05) is 22.0 Å². The highest BCUT2D eigenvalue weighted by Crippen LogP contribution is 2.26. The molecule has 1 aliphatic rings. The van der Waals surface area contributed by atoms with Gasteiger partial charge in [-0.2, -0.15) is 0 Å². The van der Waals surface area contributed by atoms with E-state index in [-0.39, 0.29) is 0 Å². The lowest BCUT2D eigenvalue weighted by molar-refractivity contribution is 0.198. The lowest BCUT2D eigenvalue weighted by Crippen LogP contribution is -2.48. The second-order valence-corrected chi connectivity index (χ2v) is 6.31. The van der Waals surface area contributed by atoms with Crippen molar-refractivity contribution in [1.82, 2.24) is 10.2 Å². The standard InChI is InChI=1S/C13H19BrN2S/c1-10-8-16(6-5-15-10)9-11-3-4-12(14)7-13(11)17-2/h3-4,7,10,15H,5-6,8-9H2,1-2H3/t10-/m1/s1. The fraction of sp³-hybridized carbons (Fsp3) is 0.538. The van der Waals surface area contributed by atoms with Gasteiger partial charge < -0.3 is 5.32 Å². The summed E-state index contributed by atoms with van der Waals surface area (Å²) in [4.78, 5) is 3.91. The molecule has 0 bridgehead atoms. The summed E-state index contributed by atoms with van der Waals surface area (Å²) in [6.07, 6.45) is 2.14. The maximum absolute atomic E-state index is 3.53. The Morgan fingerprint density at radius 2 is 2.35 bits per heavy atom. The fourth-order valence-electron chi connectivity index (χ4n) is 2.25. The van der Waals surface area contributed by atoms with Crippen molar-refractivity contribution < 1.29 is 0 Å². The van der Waals surface area contributed by atoms with Gasteiger partial charge in [-0.05, 0) is 30.9 Å². The van der Waals surface area contributed by atoms with E-state index in [1.807, 2.05) is 11.8 Å². The second-order valence-electron chi connectivity index (χ2n) is 4.55. The van der Waals surface area contributed by atoms with Crippen molar-refractivity contribution in [3.63, 3.8) is 0 Å². The van der Waals surface area contributed by atoms with Gasteiger partial charge in [-0.25, -0.2) is 0 Å². The van der Waals surface area contributed by atoms with Crippen LogP contribution in [0.3, 0.4) is 0 Å². The van der Waals surface area contributed by atoms with Crippen molar-refractivity contribution in [3.05, 3.63) is 28.2 Å². The number of thioether (sulfide) groups is 1. The van der Waals surface area contributed by atoms with Gasteiger partial charge in [0.15, 0.2) is 0 Å². The molecule has 1 aliphatic heterocycles. The minimum Gasteiger partial charge on any atom is -0.312 e. The first-order valence-electron chi connectivity index (χ1n) is 5.97. The van der Waals surface area contributed by atoms with E-state index in [0.717, 1.165) is 26.2 Å². The zero-order chi connectivity index (χ0) is 12.3. The first-order valence-corrected chi connectivity index (χ1v) is 7.99. The molecule has 0 unspecified atom stereocenters. The van der Waals surface area contributed by atoms with Gasteiger partial charge in [0.25, 0.3) is 0 Å². The molecule has 94 valence electrons. The van der Waals surface area contributed by atoms with Crippen LogP contribution in [-0.4, -0.2) is 36.8 Å². The zero-order valence-electron chi connectivity index (χ0n) is 10.4. The molecular weight excluding hydrogens is 296 g/mol.